The summed E-state index contributed by atoms with van der Waals surface area (Å²) in [7, 11) is 0. The molecule has 0 radical (unpaired) electrons. The summed E-state index contributed by atoms with van der Waals surface area (Å²) in [4.78, 5) is 10.4. The zero-order valence-corrected chi connectivity index (χ0v) is 6.21. The topological polar surface area (TPSA) is 46.5 Å². The Bertz CT molecular complexity index is 277. The normalized spacial score (nSPS) is 8.42. The Morgan fingerprint density at radius 1 is 1.42 bits per heavy atom. The van der Waals surface area contributed by atoms with Crippen molar-refractivity contribution in [1.82, 2.24) is 0 Å². The van der Waals surface area contributed by atoms with Gasteiger partial charge in [-0.05, 0) is 12.1 Å². The monoisotopic (exact) mass is 198 g/mol. The average Bonchev–Trinajstić information content (AvgIpc) is 2.04. The number of carbonyl (C=O) groups is 1. The van der Waals surface area contributed by atoms with Crippen molar-refractivity contribution in [2.24, 2.45) is 0 Å². The lowest BCUT2D eigenvalue weighted by molar-refractivity contribution is 0.0695. The van der Waals surface area contributed by atoms with Gasteiger partial charge in [0.05, 0.1) is 0 Å². The van der Waals surface area contributed by atoms with Gasteiger partial charge in [0.2, 0.25) is 0 Å². The number of benzene rings is 1. The largest absolute Gasteiger partial charge is 0.478 e. The molecule has 0 atom stereocenters. The molecule has 0 bridgehead atoms. The first-order chi connectivity index (χ1) is 5.25. The highest BCUT2D eigenvalue weighted by atomic mass is 35.5. The van der Waals surface area contributed by atoms with Crippen LogP contribution in [0.5, 0.6) is 5.75 Å². The van der Waals surface area contributed by atoms with E-state index in [1.165, 1.54) is 12.1 Å². The number of aromatic carboxylic acids is 1. The second kappa shape index (κ2) is 5.24. The molecule has 1 rings (SSSR count). The Morgan fingerprint density at radius 2 is 2.00 bits per heavy atom. The predicted octanol–water partition coefficient (Wildman–Crippen LogP) is 1.00. The molecule has 1 aromatic carbocycles. The third-order valence-electron chi connectivity index (χ3n) is 1.20. The molecular formula is C7H7ClMgO3. The third kappa shape index (κ3) is 2.55. The third-order valence-corrected chi connectivity index (χ3v) is 1.37. The summed E-state index contributed by atoms with van der Waals surface area (Å²) in [5, 5.41) is 8.56. The van der Waals surface area contributed by atoms with E-state index < -0.39 is 5.97 Å². The maximum Gasteiger partial charge on any atom is 0.339 e. The minimum atomic E-state index is -1.05. The smallest absolute Gasteiger partial charge is 0.339 e. The van der Waals surface area contributed by atoms with Gasteiger partial charge in [-0.25, -0.2) is 4.79 Å². The first-order valence-corrected chi connectivity index (χ1v) is 3.17. The van der Waals surface area contributed by atoms with Crippen LogP contribution in [-0.4, -0.2) is 34.1 Å². The van der Waals surface area contributed by atoms with E-state index in [4.69, 9.17) is 17.0 Å². The van der Waals surface area contributed by atoms with Crippen molar-refractivity contribution >= 4 is 40.9 Å². The molecule has 0 fully saturated rings. The molecule has 1 N–H and O–H groups in total. The lowest BCUT2D eigenvalue weighted by atomic mass is 10.2. The number of carboxylic acids is 1. The van der Waals surface area contributed by atoms with Gasteiger partial charge < -0.3 is 9.40 Å². The Hall–Kier alpha value is -0.454. The minimum absolute atomic E-state index is 0. The maximum atomic E-state index is 10.4. The van der Waals surface area contributed by atoms with Crippen LogP contribution in [-0.2, 0) is 0 Å². The quantitative estimate of drug-likeness (QED) is 0.722. The molecule has 0 heterocycles. The molecule has 3 nitrogen and oxygen atoms in total. The maximum absolute atomic E-state index is 10.4. The summed E-state index contributed by atoms with van der Waals surface area (Å²) in [6, 6.07) is 6.14. The van der Waals surface area contributed by atoms with E-state index in [-0.39, 0.29) is 34.4 Å². The molecule has 0 aliphatic heterocycles. The molecule has 0 saturated heterocycles. The average molecular weight is 199 g/mol. The van der Waals surface area contributed by atoms with E-state index in [2.05, 4.69) is 4.29 Å². The van der Waals surface area contributed by atoms with Gasteiger partial charge in [0, 0.05) is 0 Å². The number of halogens is 1. The van der Waals surface area contributed by atoms with E-state index in [1.807, 2.05) is 0 Å². The Kier molecular flexibility index (Phi) is 5.04. The standard InChI is InChI=1S/C7H5ClO3.Mg.2H/c8-11-6-4-2-1-3-5(6)7(9)10;;;/h1-4H,(H,9,10);;;. The highest BCUT2D eigenvalue weighted by molar-refractivity contribution is 6.09. The number of para-hydroxylation sites is 1. The molecule has 0 spiro atoms. The molecule has 1 aromatic rings. The van der Waals surface area contributed by atoms with Crippen molar-refractivity contribution in [3.05, 3.63) is 29.8 Å². The summed E-state index contributed by atoms with van der Waals surface area (Å²) in [5.41, 5.74) is 0.0579. The van der Waals surface area contributed by atoms with E-state index in [0.717, 1.165) is 0 Å². The van der Waals surface area contributed by atoms with Gasteiger partial charge in [0.25, 0.3) is 0 Å². The SMILES string of the molecule is O=C(O)c1ccccc1OCl.[MgH2]. The highest BCUT2D eigenvalue weighted by Crippen LogP contribution is 2.18. The highest BCUT2D eigenvalue weighted by Gasteiger charge is 2.08. The van der Waals surface area contributed by atoms with Gasteiger partial charge >= 0.3 is 29.0 Å². The number of hydrogen-bond donors (Lipinski definition) is 1. The lowest BCUT2D eigenvalue weighted by Crippen LogP contribution is -1.97. The van der Waals surface area contributed by atoms with Gasteiger partial charge in [0.15, 0.2) is 5.75 Å². The molecule has 0 aliphatic rings. The van der Waals surface area contributed by atoms with Crippen molar-refractivity contribution < 1.29 is 14.2 Å². The molecular weight excluding hydrogens is 192 g/mol. The van der Waals surface area contributed by atoms with Crippen LogP contribution in [0.2, 0.25) is 0 Å². The van der Waals surface area contributed by atoms with Crippen molar-refractivity contribution in [2.75, 3.05) is 0 Å². The van der Waals surface area contributed by atoms with Crippen LogP contribution in [0.15, 0.2) is 24.3 Å². The first-order valence-electron chi connectivity index (χ1n) is 2.86. The van der Waals surface area contributed by atoms with Gasteiger partial charge in [-0.2, -0.15) is 0 Å². The van der Waals surface area contributed by atoms with Crippen LogP contribution >= 0.6 is 11.9 Å². The second-order valence-corrected chi connectivity index (χ2v) is 2.03. The Morgan fingerprint density at radius 3 is 2.42 bits per heavy atom. The van der Waals surface area contributed by atoms with Crippen LogP contribution < -0.4 is 4.29 Å². The molecule has 0 saturated carbocycles. The van der Waals surface area contributed by atoms with Crippen LogP contribution in [0.25, 0.3) is 0 Å². The Balaban J connectivity index is 0.00000121. The Labute approximate surface area is 90.6 Å². The first kappa shape index (κ1) is 11.5. The fraction of sp³-hybridized carbons (Fsp3) is 0. The van der Waals surface area contributed by atoms with E-state index >= 15 is 0 Å². The van der Waals surface area contributed by atoms with Crippen LogP contribution in [0.4, 0.5) is 0 Å². The van der Waals surface area contributed by atoms with Gasteiger partial charge in [0.1, 0.15) is 17.4 Å². The molecule has 62 valence electrons. The molecule has 0 aromatic heterocycles. The number of carboxylic acid groups (broad SMARTS) is 1. The summed E-state index contributed by atoms with van der Waals surface area (Å²) in [5.74, 6) is -0.900. The van der Waals surface area contributed by atoms with Gasteiger partial charge in [-0.3, -0.25) is 0 Å². The van der Waals surface area contributed by atoms with E-state index in [0.29, 0.717) is 0 Å². The van der Waals surface area contributed by atoms with E-state index in [9.17, 15) is 4.79 Å². The second-order valence-electron chi connectivity index (χ2n) is 1.88. The summed E-state index contributed by atoms with van der Waals surface area (Å²) >= 11 is 5.01. The number of hydrogen-bond acceptors (Lipinski definition) is 2. The molecule has 12 heavy (non-hydrogen) atoms. The summed E-state index contributed by atoms with van der Waals surface area (Å²) in [6.45, 7) is 0. The predicted molar refractivity (Wildman–Crippen MR) is 48.4 cm³/mol. The van der Waals surface area contributed by atoms with E-state index in [1.54, 1.807) is 12.1 Å². The van der Waals surface area contributed by atoms with Crippen molar-refractivity contribution in [3.8, 4) is 5.75 Å². The van der Waals surface area contributed by atoms with Gasteiger partial charge in [-0.15, -0.1) is 0 Å². The summed E-state index contributed by atoms with van der Waals surface area (Å²) < 4.78 is 4.30. The molecule has 5 heteroatoms. The fourth-order valence-corrected chi connectivity index (χ4v) is 0.845. The number of rotatable bonds is 2. The summed E-state index contributed by atoms with van der Waals surface area (Å²) in [6.07, 6.45) is 0. The minimum Gasteiger partial charge on any atom is -0.478 e. The van der Waals surface area contributed by atoms with Gasteiger partial charge in [-0.1, -0.05) is 12.1 Å². The fourth-order valence-electron chi connectivity index (χ4n) is 0.711. The van der Waals surface area contributed by atoms with Crippen molar-refractivity contribution in [3.63, 3.8) is 0 Å². The van der Waals surface area contributed by atoms with Crippen molar-refractivity contribution in [1.29, 1.82) is 0 Å². The van der Waals surface area contributed by atoms with Crippen LogP contribution in [0.3, 0.4) is 0 Å². The lowest BCUT2D eigenvalue weighted by Gasteiger charge is -1.98. The van der Waals surface area contributed by atoms with Crippen molar-refractivity contribution in [2.45, 2.75) is 0 Å². The van der Waals surface area contributed by atoms with Crippen LogP contribution in [0, 0.1) is 0 Å². The molecule has 0 amide bonds. The molecule has 0 unspecified atom stereocenters. The van der Waals surface area contributed by atoms with Crippen LogP contribution in [0.1, 0.15) is 10.4 Å². The zero-order chi connectivity index (χ0) is 8.27. The molecule has 0 aliphatic carbocycles. The zero-order valence-electron chi connectivity index (χ0n) is 5.45.